The maximum absolute atomic E-state index is 12.3. The molecule has 4 N–H and O–H groups in total. The molecule has 0 radical (unpaired) electrons. The average molecular weight is 542 g/mol. The summed E-state index contributed by atoms with van der Waals surface area (Å²) in [6.07, 6.45) is -1.56. The third kappa shape index (κ3) is 7.06. The maximum atomic E-state index is 12.3. The quantitative estimate of drug-likeness (QED) is 0.261. The Bertz CT molecular complexity index is 1250. The van der Waals surface area contributed by atoms with E-state index in [0.29, 0.717) is 17.0 Å². The van der Waals surface area contributed by atoms with Gasteiger partial charge in [0.25, 0.3) is 12.2 Å². The van der Waals surface area contributed by atoms with Crippen LogP contribution in [0.1, 0.15) is 39.5 Å². The Hall–Kier alpha value is -2.47. The predicted molar refractivity (Wildman–Crippen MR) is 137 cm³/mol. The van der Waals surface area contributed by atoms with Gasteiger partial charge in [0, 0.05) is 17.7 Å². The van der Waals surface area contributed by atoms with Crippen LogP contribution in [-0.2, 0) is 25.8 Å². The topological polar surface area (TPSA) is 144 Å². The van der Waals surface area contributed by atoms with Gasteiger partial charge >= 0.3 is 11.6 Å². The van der Waals surface area contributed by atoms with E-state index in [1.165, 1.54) is 10.8 Å². The van der Waals surface area contributed by atoms with Crippen molar-refractivity contribution >= 4 is 18.4 Å². The van der Waals surface area contributed by atoms with Crippen LogP contribution in [0, 0.1) is 12.8 Å². The fourth-order valence-electron chi connectivity index (χ4n) is 3.59. The summed E-state index contributed by atoms with van der Waals surface area (Å²) in [4.78, 5) is 36.9. The zero-order chi connectivity index (χ0) is 26.6. The van der Waals surface area contributed by atoms with Crippen LogP contribution in [0.25, 0.3) is 0 Å². The zero-order valence-electron chi connectivity index (χ0n) is 20.7. The van der Waals surface area contributed by atoms with E-state index in [-0.39, 0.29) is 18.7 Å². The van der Waals surface area contributed by atoms with Crippen molar-refractivity contribution in [3.63, 3.8) is 0 Å². The number of aliphatic hydroxyl groups excluding tert-OH is 1. The SMILES string of the molecule is CC(NP(O)(=S)OC[C@H]1O[C@@H](n2cc(C)c(=O)[nH]c2=O)[C@@H](C)[C@@H]1O)=C(Oc1ccccc1)OC(C)C. The molecule has 1 aliphatic rings. The highest BCUT2D eigenvalue weighted by molar-refractivity contribution is 8.08. The summed E-state index contributed by atoms with van der Waals surface area (Å²) >= 11 is 5.25. The molecular formula is C23H32N3O8PS. The molecule has 1 aliphatic heterocycles. The summed E-state index contributed by atoms with van der Waals surface area (Å²) in [5.41, 5.74) is -0.487. The molecule has 1 aromatic heterocycles. The molecule has 1 fully saturated rings. The van der Waals surface area contributed by atoms with E-state index in [1.54, 1.807) is 32.9 Å². The van der Waals surface area contributed by atoms with Crippen molar-refractivity contribution in [3.05, 3.63) is 74.6 Å². The summed E-state index contributed by atoms with van der Waals surface area (Å²) in [6, 6.07) is 9.00. The number of aliphatic hydroxyl groups is 1. The predicted octanol–water partition coefficient (Wildman–Crippen LogP) is 2.26. The molecule has 3 rings (SSSR count). The summed E-state index contributed by atoms with van der Waals surface area (Å²) in [5.74, 6) is 0.163. The van der Waals surface area contributed by atoms with E-state index in [1.807, 2.05) is 32.0 Å². The van der Waals surface area contributed by atoms with Crippen LogP contribution in [0.5, 0.6) is 5.75 Å². The minimum absolute atomic E-state index is 0.127. The van der Waals surface area contributed by atoms with Crippen molar-refractivity contribution in [3.8, 4) is 5.75 Å². The second-order valence-corrected chi connectivity index (χ2v) is 11.8. The number of H-pyrrole nitrogens is 1. The number of para-hydroxylation sites is 1. The number of aromatic nitrogens is 2. The molecular weight excluding hydrogens is 509 g/mol. The fourth-order valence-corrected chi connectivity index (χ4v) is 5.11. The van der Waals surface area contributed by atoms with Crippen LogP contribution >= 0.6 is 6.64 Å². The molecule has 5 atom stereocenters. The highest BCUT2D eigenvalue weighted by Crippen LogP contribution is 2.42. The minimum Gasteiger partial charge on any atom is -0.461 e. The molecule has 198 valence electrons. The van der Waals surface area contributed by atoms with Crippen molar-refractivity contribution < 1.29 is 28.7 Å². The third-order valence-electron chi connectivity index (χ3n) is 5.43. The second kappa shape index (κ2) is 11.7. The van der Waals surface area contributed by atoms with Crippen LogP contribution in [0.2, 0.25) is 0 Å². The third-order valence-corrected chi connectivity index (χ3v) is 7.14. The summed E-state index contributed by atoms with van der Waals surface area (Å²) in [5, 5.41) is 13.4. The lowest BCUT2D eigenvalue weighted by atomic mass is 10.0. The molecule has 0 spiro atoms. The van der Waals surface area contributed by atoms with Crippen molar-refractivity contribution in [1.29, 1.82) is 0 Å². The lowest BCUT2D eigenvalue weighted by molar-refractivity contribution is -0.0431. The number of hydrogen-bond acceptors (Lipinski definition) is 8. The summed E-state index contributed by atoms with van der Waals surface area (Å²) in [6.45, 7) is 4.71. The van der Waals surface area contributed by atoms with Crippen molar-refractivity contribution in [2.24, 2.45) is 5.92 Å². The number of benzene rings is 1. The van der Waals surface area contributed by atoms with E-state index >= 15 is 0 Å². The van der Waals surface area contributed by atoms with Crippen LogP contribution < -0.4 is 21.1 Å². The van der Waals surface area contributed by atoms with E-state index in [4.69, 9.17) is 30.5 Å². The number of ether oxygens (including phenoxy) is 3. The first-order valence-electron chi connectivity index (χ1n) is 11.4. The number of rotatable bonds is 10. The average Bonchev–Trinajstić information content (AvgIpc) is 3.08. The standard InChI is InChI=1S/C23H32N3O8PS/c1-13(2)32-22(33-17-9-7-6-8-10-17)16(5)25-35(30,36)31-12-18-19(27)15(4)21(34-18)26-11-14(3)20(28)24-23(26)29/h6-11,13,15,18-19,21,27H,12H2,1-5H3,(H,24,28,29)(H2,25,30,36)/t15-,18+,19-,21+,35?/m0/s1. The lowest BCUT2D eigenvalue weighted by Crippen LogP contribution is -2.35. The zero-order valence-corrected chi connectivity index (χ0v) is 22.4. The molecule has 1 unspecified atom stereocenters. The molecule has 1 saturated heterocycles. The van der Waals surface area contributed by atoms with Gasteiger partial charge in [0.1, 0.15) is 18.1 Å². The Kier molecular flexibility index (Phi) is 9.15. The van der Waals surface area contributed by atoms with Crippen molar-refractivity contribution in [1.82, 2.24) is 14.6 Å². The number of nitrogens with one attached hydrogen (secondary N) is 2. The number of aryl methyl sites for hydroxylation is 1. The van der Waals surface area contributed by atoms with Gasteiger partial charge in [-0.3, -0.25) is 14.3 Å². The smallest absolute Gasteiger partial charge is 0.330 e. The van der Waals surface area contributed by atoms with Crippen LogP contribution in [0.15, 0.2) is 57.8 Å². The molecule has 2 aromatic rings. The first kappa shape index (κ1) is 28.1. The number of nitrogens with zero attached hydrogens (tertiary/aromatic N) is 1. The monoisotopic (exact) mass is 541 g/mol. The van der Waals surface area contributed by atoms with E-state index in [0.717, 1.165) is 0 Å². The van der Waals surface area contributed by atoms with Gasteiger partial charge in [-0.1, -0.05) is 25.1 Å². The Balaban J connectivity index is 1.70. The summed E-state index contributed by atoms with van der Waals surface area (Å²) in [7, 11) is 0. The van der Waals surface area contributed by atoms with Gasteiger partial charge in [-0.25, -0.2) is 4.79 Å². The van der Waals surface area contributed by atoms with Gasteiger partial charge in [0.2, 0.25) is 0 Å². The number of hydrogen-bond donors (Lipinski definition) is 4. The van der Waals surface area contributed by atoms with Gasteiger partial charge in [-0.15, -0.1) is 0 Å². The highest BCUT2D eigenvalue weighted by Gasteiger charge is 2.43. The maximum Gasteiger partial charge on any atom is 0.330 e. The Morgan fingerprint density at radius 3 is 2.61 bits per heavy atom. The first-order valence-corrected chi connectivity index (χ1v) is 14.1. The number of allylic oxidation sites excluding steroid dienone is 1. The summed E-state index contributed by atoms with van der Waals surface area (Å²) < 4.78 is 24.2. The van der Waals surface area contributed by atoms with Gasteiger partial charge < -0.3 is 33.8 Å². The molecule has 0 saturated carbocycles. The lowest BCUT2D eigenvalue weighted by Gasteiger charge is -2.23. The molecule has 0 bridgehead atoms. The van der Waals surface area contributed by atoms with E-state index < -0.39 is 42.2 Å². The minimum atomic E-state index is -3.61. The highest BCUT2D eigenvalue weighted by atomic mass is 32.5. The van der Waals surface area contributed by atoms with Crippen LogP contribution in [0.3, 0.4) is 0 Å². The largest absolute Gasteiger partial charge is 0.461 e. The Morgan fingerprint density at radius 2 is 1.97 bits per heavy atom. The van der Waals surface area contributed by atoms with Crippen molar-refractivity contribution in [2.45, 2.75) is 59.2 Å². The molecule has 1 aromatic carbocycles. The molecule has 36 heavy (non-hydrogen) atoms. The van der Waals surface area contributed by atoms with E-state index in [9.17, 15) is 19.6 Å². The molecule has 2 heterocycles. The molecule has 11 nitrogen and oxygen atoms in total. The Morgan fingerprint density at radius 1 is 1.31 bits per heavy atom. The first-order chi connectivity index (χ1) is 16.9. The molecule has 0 amide bonds. The molecule has 0 aliphatic carbocycles. The van der Waals surface area contributed by atoms with Crippen LogP contribution in [0.4, 0.5) is 0 Å². The van der Waals surface area contributed by atoms with Gasteiger partial charge in [-0.2, -0.15) is 0 Å². The fraction of sp³-hybridized carbons (Fsp3) is 0.478. The van der Waals surface area contributed by atoms with E-state index in [2.05, 4.69) is 10.1 Å². The van der Waals surface area contributed by atoms with Gasteiger partial charge in [0.15, 0.2) is 0 Å². The normalized spacial score (nSPS) is 24.2. The van der Waals surface area contributed by atoms with Crippen LogP contribution in [-0.4, -0.2) is 44.5 Å². The van der Waals surface area contributed by atoms with Gasteiger partial charge in [-0.05, 0) is 51.6 Å². The van der Waals surface area contributed by atoms with Crippen molar-refractivity contribution in [2.75, 3.05) is 6.61 Å². The number of aromatic amines is 1. The molecule has 13 heteroatoms. The second-order valence-electron chi connectivity index (χ2n) is 8.82. The Labute approximate surface area is 213 Å². The van der Waals surface area contributed by atoms with Gasteiger partial charge in [0.05, 0.1) is 24.5 Å².